The number of hydrogen-bond acceptors (Lipinski definition) is 7. The summed E-state index contributed by atoms with van der Waals surface area (Å²) in [5.74, 6) is 12.6. The fourth-order valence-corrected chi connectivity index (χ4v) is 2.18. The number of nitrogens with two attached hydrogens (primary N) is 2. The molecule has 0 aliphatic rings. The number of benzene rings is 1. The van der Waals surface area contributed by atoms with E-state index >= 15 is 0 Å². The summed E-state index contributed by atoms with van der Waals surface area (Å²) in [6.45, 7) is 6.44. The van der Waals surface area contributed by atoms with Crippen molar-refractivity contribution in [3.05, 3.63) is 35.4 Å². The first-order valence-corrected chi connectivity index (χ1v) is 6.73. The van der Waals surface area contributed by atoms with Crippen LogP contribution >= 0.6 is 0 Å². The van der Waals surface area contributed by atoms with Crippen molar-refractivity contribution in [2.75, 3.05) is 16.2 Å². The summed E-state index contributed by atoms with van der Waals surface area (Å²) in [7, 11) is 0. The SMILES string of the molecule is Cc1cc(Nc2nc(NN)cc(NN)n2)ccc1C(C)C. The molecule has 0 aliphatic carbocycles. The molecule has 1 aromatic heterocycles. The van der Waals surface area contributed by atoms with E-state index in [1.54, 1.807) is 6.07 Å². The number of aryl methyl sites for hydroxylation is 1. The number of rotatable bonds is 5. The van der Waals surface area contributed by atoms with Crippen LogP contribution in [0, 0.1) is 6.92 Å². The molecule has 0 saturated heterocycles. The van der Waals surface area contributed by atoms with Crippen LogP contribution in [0.4, 0.5) is 23.3 Å². The molecule has 21 heavy (non-hydrogen) atoms. The molecule has 0 atom stereocenters. The third-order valence-corrected chi connectivity index (χ3v) is 3.17. The van der Waals surface area contributed by atoms with Gasteiger partial charge in [0.1, 0.15) is 11.6 Å². The van der Waals surface area contributed by atoms with Crippen LogP contribution in [0.5, 0.6) is 0 Å². The van der Waals surface area contributed by atoms with E-state index in [2.05, 4.69) is 59.0 Å². The van der Waals surface area contributed by atoms with Crippen molar-refractivity contribution in [3.8, 4) is 0 Å². The van der Waals surface area contributed by atoms with E-state index < -0.39 is 0 Å². The first-order valence-electron chi connectivity index (χ1n) is 6.73. The van der Waals surface area contributed by atoms with E-state index in [0.29, 0.717) is 23.5 Å². The standard InChI is InChI=1S/C14H21N7/c1-8(2)11-5-4-10(6-9(11)3)17-14-18-12(20-15)7-13(19-14)21-16/h4-8H,15-16H2,1-3H3,(H3,17,18,19,20,21). The van der Waals surface area contributed by atoms with Crippen LogP contribution in [-0.2, 0) is 0 Å². The normalized spacial score (nSPS) is 10.6. The molecule has 2 aromatic rings. The van der Waals surface area contributed by atoms with E-state index in [9.17, 15) is 0 Å². The molecular formula is C14H21N7. The maximum atomic E-state index is 5.38. The van der Waals surface area contributed by atoms with Gasteiger partial charge in [0, 0.05) is 11.8 Å². The van der Waals surface area contributed by atoms with E-state index in [4.69, 9.17) is 11.7 Å². The van der Waals surface area contributed by atoms with Crippen LogP contribution in [-0.4, -0.2) is 9.97 Å². The van der Waals surface area contributed by atoms with Gasteiger partial charge in [-0.3, -0.25) is 0 Å². The molecule has 0 saturated carbocycles. The Kier molecular flexibility index (Phi) is 4.56. The van der Waals surface area contributed by atoms with Crippen molar-refractivity contribution in [1.29, 1.82) is 0 Å². The number of aromatic nitrogens is 2. The first-order chi connectivity index (χ1) is 10.0. The number of nitrogens with one attached hydrogen (secondary N) is 3. The smallest absolute Gasteiger partial charge is 0.231 e. The summed E-state index contributed by atoms with van der Waals surface area (Å²) >= 11 is 0. The Hall–Kier alpha value is -2.38. The van der Waals surface area contributed by atoms with E-state index in [1.165, 1.54) is 11.1 Å². The lowest BCUT2D eigenvalue weighted by Crippen LogP contribution is -2.14. The number of hydrazine groups is 2. The fourth-order valence-electron chi connectivity index (χ4n) is 2.18. The highest BCUT2D eigenvalue weighted by Gasteiger charge is 2.07. The molecular weight excluding hydrogens is 266 g/mol. The highest BCUT2D eigenvalue weighted by atomic mass is 15.3. The van der Waals surface area contributed by atoms with Crippen molar-refractivity contribution in [3.63, 3.8) is 0 Å². The molecule has 0 radical (unpaired) electrons. The molecule has 0 fully saturated rings. The van der Waals surface area contributed by atoms with Crippen molar-refractivity contribution in [2.45, 2.75) is 26.7 Å². The van der Waals surface area contributed by atoms with Crippen LogP contribution in [0.3, 0.4) is 0 Å². The van der Waals surface area contributed by atoms with Crippen molar-refractivity contribution >= 4 is 23.3 Å². The summed E-state index contributed by atoms with van der Waals surface area (Å²) in [6.07, 6.45) is 0. The highest BCUT2D eigenvalue weighted by molar-refractivity contribution is 5.59. The molecule has 2 rings (SSSR count). The van der Waals surface area contributed by atoms with Gasteiger partial charge in [0.15, 0.2) is 0 Å². The van der Waals surface area contributed by atoms with Gasteiger partial charge in [-0.25, -0.2) is 11.7 Å². The van der Waals surface area contributed by atoms with Gasteiger partial charge in [-0.2, -0.15) is 9.97 Å². The van der Waals surface area contributed by atoms with Gasteiger partial charge in [0.2, 0.25) is 5.95 Å². The van der Waals surface area contributed by atoms with Gasteiger partial charge in [-0.1, -0.05) is 19.9 Å². The van der Waals surface area contributed by atoms with Crippen molar-refractivity contribution < 1.29 is 0 Å². The van der Waals surface area contributed by atoms with Crippen LogP contribution in [0.25, 0.3) is 0 Å². The Morgan fingerprint density at radius 1 is 1.00 bits per heavy atom. The molecule has 0 unspecified atom stereocenters. The molecule has 112 valence electrons. The Bertz CT molecular complexity index is 602. The molecule has 1 aromatic carbocycles. The number of hydrogen-bond donors (Lipinski definition) is 5. The summed E-state index contributed by atoms with van der Waals surface area (Å²) in [5.41, 5.74) is 8.41. The Labute approximate surface area is 124 Å². The number of anilines is 4. The van der Waals surface area contributed by atoms with Crippen LogP contribution in [0.1, 0.15) is 30.9 Å². The predicted molar refractivity (Wildman–Crippen MR) is 86.2 cm³/mol. The zero-order valence-electron chi connectivity index (χ0n) is 12.4. The third kappa shape index (κ3) is 3.59. The topological polar surface area (TPSA) is 114 Å². The van der Waals surface area contributed by atoms with Gasteiger partial charge >= 0.3 is 0 Å². The molecule has 1 heterocycles. The van der Waals surface area contributed by atoms with Crippen LogP contribution < -0.4 is 27.9 Å². The van der Waals surface area contributed by atoms with Gasteiger partial charge in [-0.05, 0) is 36.1 Å². The fraction of sp³-hybridized carbons (Fsp3) is 0.286. The summed E-state index contributed by atoms with van der Waals surface area (Å²) in [6, 6.07) is 7.79. The number of nitrogen functional groups attached to an aromatic ring is 2. The third-order valence-electron chi connectivity index (χ3n) is 3.17. The maximum absolute atomic E-state index is 5.38. The second kappa shape index (κ2) is 6.38. The lowest BCUT2D eigenvalue weighted by Gasteiger charge is -2.13. The zero-order chi connectivity index (χ0) is 15.4. The Morgan fingerprint density at radius 3 is 2.10 bits per heavy atom. The largest absolute Gasteiger partial charge is 0.324 e. The molecule has 0 amide bonds. The average molecular weight is 287 g/mol. The molecule has 7 nitrogen and oxygen atoms in total. The van der Waals surface area contributed by atoms with Gasteiger partial charge < -0.3 is 16.2 Å². The Balaban J connectivity index is 2.27. The van der Waals surface area contributed by atoms with E-state index in [1.807, 2.05) is 6.07 Å². The Morgan fingerprint density at radius 2 is 1.62 bits per heavy atom. The van der Waals surface area contributed by atoms with Gasteiger partial charge in [0.05, 0.1) is 0 Å². The van der Waals surface area contributed by atoms with Crippen molar-refractivity contribution in [1.82, 2.24) is 9.97 Å². The van der Waals surface area contributed by atoms with Gasteiger partial charge in [-0.15, -0.1) is 0 Å². The minimum atomic E-state index is 0.412. The number of nitrogens with zero attached hydrogens (tertiary/aromatic N) is 2. The lowest BCUT2D eigenvalue weighted by atomic mass is 9.98. The molecule has 7 N–H and O–H groups in total. The van der Waals surface area contributed by atoms with Crippen LogP contribution in [0.15, 0.2) is 24.3 Å². The lowest BCUT2D eigenvalue weighted by molar-refractivity contribution is 0.857. The zero-order valence-corrected chi connectivity index (χ0v) is 12.4. The molecule has 7 heteroatoms. The molecule has 0 spiro atoms. The van der Waals surface area contributed by atoms with Crippen molar-refractivity contribution in [2.24, 2.45) is 11.7 Å². The van der Waals surface area contributed by atoms with Gasteiger partial charge in [0.25, 0.3) is 0 Å². The van der Waals surface area contributed by atoms with E-state index in [0.717, 1.165) is 5.69 Å². The van der Waals surface area contributed by atoms with E-state index in [-0.39, 0.29) is 0 Å². The molecule has 0 aliphatic heterocycles. The van der Waals surface area contributed by atoms with Crippen LogP contribution in [0.2, 0.25) is 0 Å². The second-order valence-electron chi connectivity index (χ2n) is 5.10. The molecule has 0 bridgehead atoms. The predicted octanol–water partition coefficient (Wildman–Crippen LogP) is 2.22. The highest BCUT2D eigenvalue weighted by Crippen LogP contribution is 2.24. The average Bonchev–Trinajstić information content (AvgIpc) is 2.46. The summed E-state index contributed by atoms with van der Waals surface area (Å²) < 4.78 is 0. The minimum absolute atomic E-state index is 0.412. The quantitative estimate of drug-likeness (QED) is 0.423. The minimum Gasteiger partial charge on any atom is -0.324 e. The monoisotopic (exact) mass is 287 g/mol. The maximum Gasteiger partial charge on any atom is 0.231 e. The summed E-state index contributed by atoms with van der Waals surface area (Å²) in [4.78, 5) is 8.46. The summed E-state index contributed by atoms with van der Waals surface area (Å²) in [5, 5.41) is 3.15. The first kappa shape index (κ1) is 15.0. The second-order valence-corrected chi connectivity index (χ2v) is 5.10.